The molecule has 0 unspecified atom stereocenters. The largest absolute Gasteiger partial charge is 0.311 e. The maximum absolute atomic E-state index is 12.7. The Kier molecular flexibility index (Phi) is 4.59. The topological polar surface area (TPSA) is 79.6 Å². The molecule has 1 aliphatic heterocycles. The van der Waals surface area contributed by atoms with E-state index < -0.39 is 4.92 Å². The van der Waals surface area contributed by atoms with Gasteiger partial charge in [-0.3, -0.25) is 19.8 Å². The number of nitro benzene ring substituents is 1. The molecule has 2 heterocycles. The molecular formula is C16H18N4O3S. The summed E-state index contributed by atoms with van der Waals surface area (Å²) in [4.78, 5) is 32.3. The highest BCUT2D eigenvalue weighted by atomic mass is 32.1. The molecule has 0 spiro atoms. The van der Waals surface area contributed by atoms with E-state index in [9.17, 15) is 14.9 Å². The first-order valence-electron chi connectivity index (χ1n) is 7.62. The first-order valence-corrected chi connectivity index (χ1v) is 8.50. The Bertz CT molecular complexity index is 776. The number of non-ortho nitro benzene ring substituents is 1. The van der Waals surface area contributed by atoms with E-state index in [0.717, 1.165) is 10.6 Å². The molecule has 1 aromatic carbocycles. The summed E-state index contributed by atoms with van der Waals surface area (Å²) in [5.74, 6) is -0.0137. The molecular weight excluding hydrogens is 328 g/mol. The fourth-order valence-electron chi connectivity index (χ4n) is 2.92. The highest BCUT2D eigenvalue weighted by molar-refractivity contribution is 7.09. The highest BCUT2D eigenvalue weighted by Gasteiger charge is 2.35. The summed E-state index contributed by atoms with van der Waals surface area (Å²) in [6.07, 6.45) is 0.704. The van der Waals surface area contributed by atoms with Gasteiger partial charge < -0.3 is 4.90 Å². The van der Waals surface area contributed by atoms with E-state index in [-0.39, 0.29) is 17.6 Å². The number of anilines is 1. The number of amides is 1. The predicted molar refractivity (Wildman–Crippen MR) is 92.2 cm³/mol. The summed E-state index contributed by atoms with van der Waals surface area (Å²) in [6.45, 7) is 3.21. The number of carbonyl (C=O) groups excluding carboxylic acids is 1. The Morgan fingerprint density at radius 1 is 1.50 bits per heavy atom. The molecule has 0 aliphatic carbocycles. The summed E-state index contributed by atoms with van der Waals surface area (Å²) >= 11 is 1.59. The van der Waals surface area contributed by atoms with E-state index in [1.54, 1.807) is 28.4 Å². The molecule has 1 aromatic heterocycles. The van der Waals surface area contributed by atoms with E-state index in [1.807, 2.05) is 24.4 Å². The van der Waals surface area contributed by atoms with Crippen molar-refractivity contribution in [1.29, 1.82) is 0 Å². The molecule has 24 heavy (non-hydrogen) atoms. The lowest BCUT2D eigenvalue weighted by Gasteiger charge is -2.23. The molecule has 8 heteroatoms. The summed E-state index contributed by atoms with van der Waals surface area (Å²) < 4.78 is 0. The van der Waals surface area contributed by atoms with Crippen molar-refractivity contribution in [3.8, 4) is 0 Å². The fourth-order valence-corrected chi connectivity index (χ4v) is 3.76. The highest BCUT2D eigenvalue weighted by Crippen LogP contribution is 2.28. The number of hydrogen-bond acceptors (Lipinski definition) is 6. The average molecular weight is 346 g/mol. The molecule has 7 nitrogen and oxygen atoms in total. The molecule has 0 N–H and O–H groups in total. The maximum Gasteiger partial charge on any atom is 0.271 e. The monoisotopic (exact) mass is 346 g/mol. The Balaban J connectivity index is 1.74. The van der Waals surface area contributed by atoms with Gasteiger partial charge in [-0.25, -0.2) is 4.98 Å². The van der Waals surface area contributed by atoms with Crippen molar-refractivity contribution in [2.24, 2.45) is 0 Å². The standard InChI is InChI=1S/C16H18N4O3S/c1-11-15(24-10-17-11)9-18(2)14-6-7-19(16(14)21)12-4-3-5-13(8-12)20(22)23/h3-5,8,10,14H,6-7,9H2,1-2H3/t14-/m0/s1. The third-order valence-corrected chi connectivity index (χ3v) is 5.22. The summed E-state index contributed by atoms with van der Waals surface area (Å²) in [6, 6.07) is 6.01. The van der Waals surface area contributed by atoms with Crippen LogP contribution in [-0.4, -0.2) is 40.3 Å². The van der Waals surface area contributed by atoms with Crippen LogP contribution in [0.25, 0.3) is 0 Å². The minimum atomic E-state index is -0.444. The first kappa shape index (κ1) is 16.5. The number of benzene rings is 1. The summed E-state index contributed by atoms with van der Waals surface area (Å²) in [5, 5.41) is 10.9. The Morgan fingerprint density at radius 2 is 2.29 bits per heavy atom. The maximum atomic E-state index is 12.7. The molecule has 2 aromatic rings. The first-order chi connectivity index (χ1) is 11.5. The summed E-state index contributed by atoms with van der Waals surface area (Å²) in [5.41, 5.74) is 3.38. The zero-order chi connectivity index (χ0) is 17.3. The van der Waals surface area contributed by atoms with Crippen molar-refractivity contribution in [2.45, 2.75) is 25.9 Å². The molecule has 0 radical (unpaired) electrons. The van der Waals surface area contributed by atoms with Gasteiger partial charge >= 0.3 is 0 Å². The SMILES string of the molecule is Cc1ncsc1CN(C)[C@H]1CCN(c2cccc([N+](=O)[O-])c2)C1=O. The van der Waals surface area contributed by atoms with Crippen LogP contribution in [-0.2, 0) is 11.3 Å². The second kappa shape index (κ2) is 6.66. The zero-order valence-electron chi connectivity index (χ0n) is 13.5. The Morgan fingerprint density at radius 3 is 2.96 bits per heavy atom. The average Bonchev–Trinajstić information content (AvgIpc) is 3.13. The number of aryl methyl sites for hydroxylation is 1. The molecule has 1 saturated heterocycles. The normalized spacial score (nSPS) is 17.7. The van der Waals surface area contributed by atoms with Gasteiger partial charge in [0.25, 0.3) is 5.69 Å². The third-order valence-electron chi connectivity index (χ3n) is 4.30. The van der Waals surface area contributed by atoms with Crippen LogP contribution in [0.5, 0.6) is 0 Å². The number of rotatable bonds is 5. The number of hydrogen-bond donors (Lipinski definition) is 0. The number of likely N-dealkylation sites (N-methyl/N-ethyl adjacent to an activating group) is 1. The van der Waals surface area contributed by atoms with Crippen LogP contribution in [0, 0.1) is 17.0 Å². The second-order valence-electron chi connectivity index (χ2n) is 5.85. The fraction of sp³-hybridized carbons (Fsp3) is 0.375. The van der Waals surface area contributed by atoms with Gasteiger partial charge in [-0.2, -0.15) is 0 Å². The van der Waals surface area contributed by atoms with Crippen LogP contribution in [0.1, 0.15) is 17.0 Å². The van der Waals surface area contributed by atoms with Gasteiger partial charge in [0.05, 0.1) is 27.9 Å². The van der Waals surface area contributed by atoms with Crippen molar-refractivity contribution in [3.63, 3.8) is 0 Å². The molecule has 0 bridgehead atoms. The van der Waals surface area contributed by atoms with Gasteiger partial charge in [-0.15, -0.1) is 11.3 Å². The number of nitro groups is 1. The van der Waals surface area contributed by atoms with E-state index in [4.69, 9.17) is 0 Å². The Hall–Kier alpha value is -2.32. The third kappa shape index (κ3) is 3.15. The lowest BCUT2D eigenvalue weighted by molar-refractivity contribution is -0.384. The lowest BCUT2D eigenvalue weighted by atomic mass is 10.2. The van der Waals surface area contributed by atoms with Gasteiger partial charge in [0.2, 0.25) is 5.91 Å². The molecule has 1 atom stereocenters. The smallest absolute Gasteiger partial charge is 0.271 e. The van der Waals surface area contributed by atoms with Crippen molar-refractivity contribution < 1.29 is 9.72 Å². The van der Waals surface area contributed by atoms with E-state index in [0.29, 0.717) is 25.2 Å². The van der Waals surface area contributed by atoms with Gasteiger partial charge in [0, 0.05) is 30.1 Å². The van der Waals surface area contributed by atoms with Crippen LogP contribution in [0.2, 0.25) is 0 Å². The van der Waals surface area contributed by atoms with E-state index in [2.05, 4.69) is 4.98 Å². The van der Waals surface area contributed by atoms with Crippen LogP contribution >= 0.6 is 11.3 Å². The van der Waals surface area contributed by atoms with Crippen molar-refractivity contribution in [3.05, 3.63) is 50.5 Å². The van der Waals surface area contributed by atoms with Gasteiger partial charge in [-0.05, 0) is 26.5 Å². The number of carbonyl (C=O) groups is 1. The van der Waals surface area contributed by atoms with Crippen molar-refractivity contribution >= 4 is 28.6 Å². The van der Waals surface area contributed by atoms with Crippen molar-refractivity contribution in [2.75, 3.05) is 18.5 Å². The Labute approximate surface area is 143 Å². The molecule has 1 aliphatic rings. The summed E-state index contributed by atoms with van der Waals surface area (Å²) in [7, 11) is 1.93. The van der Waals surface area contributed by atoms with Gasteiger partial charge in [0.15, 0.2) is 0 Å². The molecule has 1 fully saturated rings. The number of thiazole rings is 1. The zero-order valence-corrected chi connectivity index (χ0v) is 14.3. The predicted octanol–water partition coefficient (Wildman–Crippen LogP) is 2.60. The van der Waals surface area contributed by atoms with E-state index in [1.165, 1.54) is 12.1 Å². The molecule has 1 amide bonds. The minimum absolute atomic E-state index is 0.00242. The molecule has 3 rings (SSSR count). The minimum Gasteiger partial charge on any atom is -0.311 e. The molecule has 0 saturated carbocycles. The second-order valence-corrected chi connectivity index (χ2v) is 6.79. The lowest BCUT2D eigenvalue weighted by Crippen LogP contribution is -2.39. The van der Waals surface area contributed by atoms with Gasteiger partial charge in [0.1, 0.15) is 0 Å². The number of nitrogens with zero attached hydrogens (tertiary/aromatic N) is 4. The van der Waals surface area contributed by atoms with Crippen molar-refractivity contribution in [1.82, 2.24) is 9.88 Å². The van der Waals surface area contributed by atoms with Gasteiger partial charge in [-0.1, -0.05) is 6.07 Å². The van der Waals surface area contributed by atoms with Crippen LogP contribution < -0.4 is 4.90 Å². The van der Waals surface area contributed by atoms with Crippen LogP contribution in [0.4, 0.5) is 11.4 Å². The molecule has 126 valence electrons. The van der Waals surface area contributed by atoms with Crippen LogP contribution in [0.15, 0.2) is 29.8 Å². The van der Waals surface area contributed by atoms with Crippen LogP contribution in [0.3, 0.4) is 0 Å². The number of aromatic nitrogens is 1. The van der Waals surface area contributed by atoms with E-state index >= 15 is 0 Å². The quantitative estimate of drug-likeness (QED) is 0.614.